The fourth-order valence-electron chi connectivity index (χ4n) is 2.23. The van der Waals surface area contributed by atoms with Crippen molar-refractivity contribution in [2.45, 2.75) is 58.1 Å². The maximum atomic E-state index is 12.0. The van der Waals surface area contributed by atoms with E-state index in [0.717, 1.165) is 30.2 Å². The van der Waals surface area contributed by atoms with Gasteiger partial charge in [-0.3, -0.25) is 4.79 Å². The Morgan fingerprint density at radius 1 is 1.58 bits per heavy atom. The Hall–Kier alpha value is -0.940. The molecule has 1 aromatic heterocycles. The van der Waals surface area contributed by atoms with Gasteiger partial charge in [0.25, 0.3) is 0 Å². The molecule has 1 N–H and O–H groups in total. The molecule has 0 radical (unpaired) electrons. The number of hydrogen-bond acceptors (Lipinski definition) is 4. The highest BCUT2D eigenvalue weighted by Crippen LogP contribution is 2.19. The third kappa shape index (κ3) is 4.01. The third-order valence-electron chi connectivity index (χ3n) is 3.32. The van der Waals surface area contributed by atoms with E-state index in [4.69, 9.17) is 4.74 Å². The van der Waals surface area contributed by atoms with Crippen LogP contribution in [-0.2, 0) is 16.0 Å². The largest absolute Gasteiger partial charge is 0.376 e. The Balaban J connectivity index is 1.82. The lowest BCUT2D eigenvalue weighted by Gasteiger charge is -2.19. The van der Waals surface area contributed by atoms with Crippen molar-refractivity contribution >= 4 is 17.2 Å². The average molecular weight is 282 g/mol. The molecule has 2 unspecified atom stereocenters. The molecule has 1 aromatic rings. The van der Waals surface area contributed by atoms with Crippen LogP contribution in [0.25, 0.3) is 0 Å². The molecule has 1 fully saturated rings. The fourth-order valence-corrected chi connectivity index (χ4v) is 3.06. The van der Waals surface area contributed by atoms with Gasteiger partial charge in [-0.1, -0.05) is 13.8 Å². The first kappa shape index (κ1) is 14.5. The molecule has 4 nitrogen and oxygen atoms in total. The summed E-state index contributed by atoms with van der Waals surface area (Å²) in [5.41, 5.74) is 0.866. The van der Waals surface area contributed by atoms with Crippen molar-refractivity contribution in [3.63, 3.8) is 0 Å². The van der Waals surface area contributed by atoms with Crippen LogP contribution in [0.4, 0.5) is 0 Å². The zero-order valence-corrected chi connectivity index (χ0v) is 12.6. The van der Waals surface area contributed by atoms with Crippen LogP contribution >= 0.6 is 11.3 Å². The summed E-state index contributed by atoms with van der Waals surface area (Å²) < 4.78 is 5.57. The Bertz CT molecular complexity index is 425. The predicted octanol–water partition coefficient (Wildman–Crippen LogP) is 2.49. The van der Waals surface area contributed by atoms with Crippen molar-refractivity contribution in [1.82, 2.24) is 10.3 Å². The summed E-state index contributed by atoms with van der Waals surface area (Å²) in [5.74, 6) is 0.455. The number of aromatic nitrogens is 1. The van der Waals surface area contributed by atoms with E-state index in [-0.39, 0.29) is 18.1 Å². The van der Waals surface area contributed by atoms with Gasteiger partial charge in [0.05, 0.1) is 29.3 Å². The first-order valence-corrected chi connectivity index (χ1v) is 7.79. The normalized spacial score (nSPS) is 20.7. The minimum Gasteiger partial charge on any atom is -0.376 e. The lowest BCUT2D eigenvalue weighted by Crippen LogP contribution is -2.41. The van der Waals surface area contributed by atoms with Crippen molar-refractivity contribution < 1.29 is 9.53 Å². The number of thiazole rings is 1. The molecule has 1 aliphatic rings. The second-order valence-electron chi connectivity index (χ2n) is 5.42. The first-order chi connectivity index (χ1) is 9.06. The molecule has 0 aromatic carbocycles. The molecule has 0 saturated carbocycles. The number of nitrogens with zero attached hydrogens (tertiary/aromatic N) is 1. The second kappa shape index (κ2) is 6.48. The standard InChI is InChI=1S/C14H22N2O2S/c1-9(2)14-16-11(8-19-14)7-13(17)15-10(3)12-5-4-6-18-12/h8-10,12H,4-7H2,1-3H3,(H,15,17). The maximum Gasteiger partial charge on any atom is 0.226 e. The molecule has 2 rings (SSSR count). The summed E-state index contributed by atoms with van der Waals surface area (Å²) in [7, 11) is 0. The van der Waals surface area contributed by atoms with E-state index in [1.54, 1.807) is 11.3 Å². The topological polar surface area (TPSA) is 51.2 Å². The minimum atomic E-state index is 0.0311. The third-order valence-corrected chi connectivity index (χ3v) is 4.51. The van der Waals surface area contributed by atoms with E-state index in [0.29, 0.717) is 12.3 Å². The maximum absolute atomic E-state index is 12.0. The summed E-state index contributed by atoms with van der Waals surface area (Å²) in [6.45, 7) is 7.05. The number of amides is 1. The van der Waals surface area contributed by atoms with Gasteiger partial charge in [0.2, 0.25) is 5.91 Å². The van der Waals surface area contributed by atoms with Gasteiger partial charge in [-0.25, -0.2) is 4.98 Å². The van der Waals surface area contributed by atoms with E-state index in [1.165, 1.54) is 0 Å². The van der Waals surface area contributed by atoms with Crippen molar-refractivity contribution in [1.29, 1.82) is 0 Å². The Kier molecular flexibility index (Phi) is 4.93. The van der Waals surface area contributed by atoms with Crippen LogP contribution in [0.2, 0.25) is 0 Å². The number of carbonyl (C=O) groups excluding carboxylic acids is 1. The summed E-state index contributed by atoms with van der Waals surface area (Å²) in [5, 5.41) is 6.08. The zero-order chi connectivity index (χ0) is 13.8. The van der Waals surface area contributed by atoms with Crippen LogP contribution in [0, 0.1) is 0 Å². The summed E-state index contributed by atoms with van der Waals surface area (Å²) in [6.07, 6.45) is 2.66. The van der Waals surface area contributed by atoms with Gasteiger partial charge in [-0.05, 0) is 19.8 Å². The lowest BCUT2D eigenvalue weighted by molar-refractivity contribution is -0.121. The van der Waals surface area contributed by atoms with Crippen molar-refractivity contribution in [2.24, 2.45) is 0 Å². The molecule has 0 aliphatic carbocycles. The molecule has 1 amide bonds. The smallest absolute Gasteiger partial charge is 0.226 e. The number of carbonyl (C=O) groups is 1. The number of ether oxygens (including phenoxy) is 1. The second-order valence-corrected chi connectivity index (χ2v) is 6.31. The van der Waals surface area contributed by atoms with E-state index < -0.39 is 0 Å². The SMILES string of the molecule is CC(C)c1nc(CC(=O)NC(C)C2CCCO2)cs1. The summed E-state index contributed by atoms with van der Waals surface area (Å²) in [6, 6.07) is 0.0817. The molecular weight excluding hydrogens is 260 g/mol. The van der Waals surface area contributed by atoms with Crippen molar-refractivity contribution in [3.8, 4) is 0 Å². The van der Waals surface area contributed by atoms with Crippen LogP contribution < -0.4 is 5.32 Å². The fraction of sp³-hybridized carbons (Fsp3) is 0.714. The molecule has 0 bridgehead atoms. The Morgan fingerprint density at radius 2 is 2.37 bits per heavy atom. The molecule has 5 heteroatoms. The molecule has 1 aliphatic heterocycles. The molecule has 19 heavy (non-hydrogen) atoms. The van der Waals surface area contributed by atoms with Gasteiger partial charge in [-0.15, -0.1) is 11.3 Å². The van der Waals surface area contributed by atoms with Gasteiger partial charge >= 0.3 is 0 Å². The van der Waals surface area contributed by atoms with Crippen molar-refractivity contribution in [3.05, 3.63) is 16.1 Å². The quantitative estimate of drug-likeness (QED) is 0.902. The molecule has 1 saturated heterocycles. The monoisotopic (exact) mass is 282 g/mol. The zero-order valence-electron chi connectivity index (χ0n) is 11.8. The van der Waals surface area contributed by atoms with Gasteiger partial charge in [0.15, 0.2) is 0 Å². The molecule has 0 spiro atoms. The van der Waals surface area contributed by atoms with E-state index >= 15 is 0 Å². The highest BCUT2D eigenvalue weighted by Gasteiger charge is 2.23. The van der Waals surface area contributed by atoms with Crippen LogP contribution in [0.15, 0.2) is 5.38 Å². The summed E-state index contributed by atoms with van der Waals surface area (Å²) >= 11 is 1.63. The molecular formula is C14H22N2O2S. The van der Waals surface area contributed by atoms with E-state index in [1.807, 2.05) is 12.3 Å². The number of rotatable bonds is 5. The van der Waals surface area contributed by atoms with E-state index in [9.17, 15) is 4.79 Å². The number of hydrogen-bond donors (Lipinski definition) is 1. The highest BCUT2D eigenvalue weighted by atomic mass is 32.1. The van der Waals surface area contributed by atoms with Crippen LogP contribution in [-0.4, -0.2) is 29.6 Å². The predicted molar refractivity (Wildman–Crippen MR) is 76.5 cm³/mol. The van der Waals surface area contributed by atoms with Crippen LogP contribution in [0.5, 0.6) is 0 Å². The van der Waals surface area contributed by atoms with Gasteiger partial charge < -0.3 is 10.1 Å². The van der Waals surface area contributed by atoms with Gasteiger partial charge in [0, 0.05) is 17.9 Å². The van der Waals surface area contributed by atoms with E-state index in [2.05, 4.69) is 24.1 Å². The average Bonchev–Trinajstić information content (AvgIpc) is 2.98. The van der Waals surface area contributed by atoms with Crippen molar-refractivity contribution in [2.75, 3.05) is 6.61 Å². The highest BCUT2D eigenvalue weighted by molar-refractivity contribution is 7.09. The van der Waals surface area contributed by atoms with Crippen LogP contribution in [0.3, 0.4) is 0 Å². The summed E-state index contributed by atoms with van der Waals surface area (Å²) in [4.78, 5) is 16.4. The molecule has 2 atom stereocenters. The molecule has 106 valence electrons. The van der Waals surface area contributed by atoms with Crippen LogP contribution in [0.1, 0.15) is 50.2 Å². The Morgan fingerprint density at radius 3 is 2.95 bits per heavy atom. The first-order valence-electron chi connectivity index (χ1n) is 6.91. The minimum absolute atomic E-state index is 0.0311. The number of nitrogens with one attached hydrogen (secondary N) is 1. The molecule has 2 heterocycles. The van der Waals surface area contributed by atoms with Gasteiger partial charge in [0.1, 0.15) is 0 Å². The Labute approximate surface area is 118 Å². The lowest BCUT2D eigenvalue weighted by atomic mass is 10.1. The van der Waals surface area contributed by atoms with Gasteiger partial charge in [-0.2, -0.15) is 0 Å².